The lowest BCUT2D eigenvalue weighted by atomic mass is 9.99. The molecule has 1 aromatic carbocycles. The van der Waals surface area contributed by atoms with Gasteiger partial charge < -0.3 is 15.7 Å². The molecule has 1 saturated carbocycles. The van der Waals surface area contributed by atoms with Gasteiger partial charge in [-0.25, -0.2) is 4.79 Å². The molecule has 0 aromatic heterocycles. The van der Waals surface area contributed by atoms with Gasteiger partial charge in [-0.2, -0.15) is 0 Å². The van der Waals surface area contributed by atoms with Crippen LogP contribution >= 0.6 is 0 Å². The van der Waals surface area contributed by atoms with Crippen LogP contribution in [0.1, 0.15) is 50.7 Å². The Kier molecular flexibility index (Phi) is 7.06. The van der Waals surface area contributed by atoms with Crippen LogP contribution in [-0.2, 0) is 13.1 Å². The average molecular weight is 333 g/mol. The SMILES string of the molecule is CCN(CC)Cc1ccccc1CNC(=O)NC1(CO)CCCC1. The third-order valence-electron chi connectivity index (χ3n) is 5.09. The van der Waals surface area contributed by atoms with E-state index in [4.69, 9.17) is 0 Å². The first-order valence-corrected chi connectivity index (χ1v) is 9.08. The summed E-state index contributed by atoms with van der Waals surface area (Å²) < 4.78 is 0. The van der Waals surface area contributed by atoms with E-state index in [0.717, 1.165) is 50.9 Å². The highest BCUT2D eigenvalue weighted by Crippen LogP contribution is 2.28. The van der Waals surface area contributed by atoms with Gasteiger partial charge >= 0.3 is 6.03 Å². The number of nitrogens with one attached hydrogen (secondary N) is 2. The predicted molar refractivity (Wildman–Crippen MR) is 96.7 cm³/mol. The zero-order valence-corrected chi connectivity index (χ0v) is 15.0. The largest absolute Gasteiger partial charge is 0.394 e. The number of benzene rings is 1. The van der Waals surface area contributed by atoms with E-state index < -0.39 is 5.54 Å². The smallest absolute Gasteiger partial charge is 0.315 e. The molecule has 5 heteroatoms. The number of hydrogen-bond donors (Lipinski definition) is 3. The van der Waals surface area contributed by atoms with Gasteiger partial charge in [0.15, 0.2) is 0 Å². The fourth-order valence-corrected chi connectivity index (χ4v) is 3.41. The Hall–Kier alpha value is -1.59. The topological polar surface area (TPSA) is 64.6 Å². The quantitative estimate of drug-likeness (QED) is 0.685. The molecule has 0 heterocycles. The van der Waals surface area contributed by atoms with Crippen LogP contribution in [0.3, 0.4) is 0 Å². The number of carbonyl (C=O) groups excluding carboxylic acids is 1. The second-order valence-corrected chi connectivity index (χ2v) is 6.68. The van der Waals surface area contributed by atoms with Gasteiger partial charge in [0.1, 0.15) is 0 Å². The zero-order valence-electron chi connectivity index (χ0n) is 15.0. The molecule has 0 bridgehead atoms. The van der Waals surface area contributed by atoms with E-state index in [9.17, 15) is 9.90 Å². The Balaban J connectivity index is 1.92. The lowest BCUT2D eigenvalue weighted by Crippen LogP contribution is -2.52. The summed E-state index contributed by atoms with van der Waals surface area (Å²) in [7, 11) is 0. The number of rotatable bonds is 8. The first-order chi connectivity index (χ1) is 11.6. The summed E-state index contributed by atoms with van der Waals surface area (Å²) >= 11 is 0. The van der Waals surface area contributed by atoms with Crippen LogP contribution in [0.15, 0.2) is 24.3 Å². The van der Waals surface area contributed by atoms with Gasteiger partial charge in [0.05, 0.1) is 12.1 Å². The van der Waals surface area contributed by atoms with Crippen molar-refractivity contribution < 1.29 is 9.90 Å². The Morgan fingerprint density at radius 3 is 2.38 bits per heavy atom. The van der Waals surface area contributed by atoms with Crippen LogP contribution in [0.2, 0.25) is 0 Å². The summed E-state index contributed by atoms with van der Waals surface area (Å²) in [6.07, 6.45) is 3.84. The second-order valence-electron chi connectivity index (χ2n) is 6.68. The van der Waals surface area contributed by atoms with E-state index in [1.165, 1.54) is 5.56 Å². The van der Waals surface area contributed by atoms with E-state index in [-0.39, 0.29) is 12.6 Å². The molecule has 0 aliphatic heterocycles. The number of hydrogen-bond acceptors (Lipinski definition) is 3. The van der Waals surface area contributed by atoms with Crippen molar-refractivity contribution in [3.8, 4) is 0 Å². The Bertz CT molecular complexity index is 523. The average Bonchev–Trinajstić information content (AvgIpc) is 3.07. The Morgan fingerprint density at radius 2 is 1.79 bits per heavy atom. The van der Waals surface area contributed by atoms with E-state index in [2.05, 4.69) is 41.5 Å². The number of amides is 2. The molecular formula is C19H31N3O2. The van der Waals surface area contributed by atoms with Crippen molar-refractivity contribution >= 4 is 6.03 Å². The monoisotopic (exact) mass is 333 g/mol. The minimum Gasteiger partial charge on any atom is -0.394 e. The van der Waals surface area contributed by atoms with Crippen LogP contribution in [0.4, 0.5) is 4.79 Å². The van der Waals surface area contributed by atoms with Crippen molar-refractivity contribution in [2.24, 2.45) is 0 Å². The molecule has 134 valence electrons. The first kappa shape index (κ1) is 18.7. The summed E-state index contributed by atoms with van der Waals surface area (Å²) in [4.78, 5) is 14.6. The van der Waals surface area contributed by atoms with Gasteiger partial charge in [0.25, 0.3) is 0 Å². The minimum atomic E-state index is -0.426. The summed E-state index contributed by atoms with van der Waals surface area (Å²) in [6, 6.07) is 8.05. The van der Waals surface area contributed by atoms with Crippen LogP contribution in [0.5, 0.6) is 0 Å². The standard InChI is InChI=1S/C19H31N3O2/c1-3-22(4-2)14-17-10-6-5-9-16(17)13-20-18(24)21-19(15-23)11-7-8-12-19/h5-6,9-10,23H,3-4,7-8,11-15H2,1-2H3,(H2,20,21,24). The van der Waals surface area contributed by atoms with E-state index in [1.807, 2.05) is 12.1 Å². The molecule has 24 heavy (non-hydrogen) atoms. The normalized spacial score (nSPS) is 16.3. The summed E-state index contributed by atoms with van der Waals surface area (Å²) in [5.41, 5.74) is 1.97. The van der Waals surface area contributed by atoms with Crippen LogP contribution in [0.25, 0.3) is 0 Å². The molecule has 0 radical (unpaired) electrons. The van der Waals surface area contributed by atoms with Crippen molar-refractivity contribution in [3.63, 3.8) is 0 Å². The summed E-state index contributed by atoms with van der Waals surface area (Å²) in [6.45, 7) is 7.76. The van der Waals surface area contributed by atoms with Crippen LogP contribution < -0.4 is 10.6 Å². The number of carbonyl (C=O) groups is 1. The van der Waals surface area contributed by atoms with Crippen molar-refractivity contribution in [1.29, 1.82) is 0 Å². The molecule has 2 rings (SSSR count). The second kappa shape index (κ2) is 9.04. The maximum Gasteiger partial charge on any atom is 0.315 e. The number of aliphatic hydroxyl groups excluding tert-OH is 1. The van der Waals surface area contributed by atoms with Gasteiger partial charge in [-0.15, -0.1) is 0 Å². The molecule has 0 unspecified atom stereocenters. The van der Waals surface area contributed by atoms with Crippen LogP contribution in [0, 0.1) is 0 Å². The maximum atomic E-state index is 12.2. The molecule has 5 nitrogen and oxygen atoms in total. The minimum absolute atomic E-state index is 0.0129. The highest BCUT2D eigenvalue weighted by Gasteiger charge is 2.34. The molecule has 1 fully saturated rings. The molecule has 2 amide bonds. The molecule has 3 N–H and O–H groups in total. The van der Waals surface area contributed by atoms with Crippen molar-refractivity contribution in [2.45, 2.75) is 58.2 Å². The fraction of sp³-hybridized carbons (Fsp3) is 0.632. The number of urea groups is 1. The van der Waals surface area contributed by atoms with Gasteiger partial charge in [-0.1, -0.05) is 51.0 Å². The third kappa shape index (κ3) is 4.95. The van der Waals surface area contributed by atoms with Crippen LogP contribution in [-0.4, -0.2) is 41.3 Å². The highest BCUT2D eigenvalue weighted by atomic mass is 16.3. The van der Waals surface area contributed by atoms with Gasteiger partial charge in [0, 0.05) is 13.1 Å². The maximum absolute atomic E-state index is 12.2. The Labute approximate surface area is 145 Å². The predicted octanol–water partition coefficient (Wildman–Crippen LogP) is 2.63. The Morgan fingerprint density at radius 1 is 1.17 bits per heavy atom. The number of nitrogens with zero attached hydrogens (tertiary/aromatic N) is 1. The van der Waals surface area contributed by atoms with Crippen molar-refractivity contribution in [2.75, 3.05) is 19.7 Å². The van der Waals surface area contributed by atoms with E-state index in [0.29, 0.717) is 6.54 Å². The molecule has 1 aliphatic carbocycles. The first-order valence-electron chi connectivity index (χ1n) is 9.08. The van der Waals surface area contributed by atoms with Crippen molar-refractivity contribution in [3.05, 3.63) is 35.4 Å². The van der Waals surface area contributed by atoms with Crippen molar-refractivity contribution in [1.82, 2.24) is 15.5 Å². The molecule has 0 saturated heterocycles. The zero-order chi connectivity index (χ0) is 17.4. The molecule has 0 spiro atoms. The summed E-state index contributed by atoms with van der Waals surface area (Å²) in [5.74, 6) is 0. The molecule has 1 aromatic rings. The number of aliphatic hydroxyl groups is 1. The fourth-order valence-electron chi connectivity index (χ4n) is 3.41. The van der Waals surface area contributed by atoms with E-state index in [1.54, 1.807) is 0 Å². The lowest BCUT2D eigenvalue weighted by molar-refractivity contribution is 0.162. The molecule has 1 aliphatic rings. The highest BCUT2D eigenvalue weighted by molar-refractivity contribution is 5.75. The van der Waals surface area contributed by atoms with E-state index >= 15 is 0 Å². The third-order valence-corrected chi connectivity index (χ3v) is 5.09. The summed E-state index contributed by atoms with van der Waals surface area (Å²) in [5, 5.41) is 15.5. The lowest BCUT2D eigenvalue weighted by Gasteiger charge is -2.28. The molecule has 0 atom stereocenters. The van der Waals surface area contributed by atoms with Gasteiger partial charge in [-0.3, -0.25) is 4.90 Å². The molecular weight excluding hydrogens is 302 g/mol. The van der Waals surface area contributed by atoms with Gasteiger partial charge in [0.2, 0.25) is 0 Å². The van der Waals surface area contributed by atoms with Gasteiger partial charge in [-0.05, 0) is 37.1 Å².